The molecule has 0 saturated carbocycles. The van der Waals surface area contributed by atoms with E-state index in [2.05, 4.69) is 37.4 Å². The van der Waals surface area contributed by atoms with E-state index in [1.165, 1.54) is 0 Å². The van der Waals surface area contributed by atoms with Gasteiger partial charge in [0.1, 0.15) is 6.04 Å². The number of piperidine rings is 1. The van der Waals surface area contributed by atoms with E-state index in [1.807, 2.05) is 31.2 Å². The molecule has 2 aliphatic rings. The van der Waals surface area contributed by atoms with Crippen molar-refractivity contribution in [2.24, 2.45) is 5.92 Å². The van der Waals surface area contributed by atoms with Gasteiger partial charge in [0.25, 0.3) is 0 Å². The molecule has 0 aliphatic carbocycles. The molecule has 2 saturated heterocycles. The van der Waals surface area contributed by atoms with Crippen LogP contribution >= 0.6 is 28.3 Å². The predicted molar refractivity (Wildman–Crippen MR) is 92.8 cm³/mol. The molecule has 2 aliphatic heterocycles. The summed E-state index contributed by atoms with van der Waals surface area (Å²) in [7, 11) is 0. The summed E-state index contributed by atoms with van der Waals surface area (Å²) >= 11 is 3.47. The molecule has 1 amide bonds. The standard InChI is InChI=1S/C15H21BrN4O.ClH/c1-9(10-3-2-4-11(16)7-10)18-15(21)14-12-8-17-6-5-13(12)19-20-14;/h2-4,7,9,12-14,17,19-20H,5-6,8H2,1H3,(H,18,21);1H. The quantitative estimate of drug-likeness (QED) is 0.633. The van der Waals surface area contributed by atoms with E-state index in [0.29, 0.717) is 12.0 Å². The number of carbonyl (C=O) groups excluding carboxylic acids is 1. The van der Waals surface area contributed by atoms with Crippen LogP contribution in [-0.2, 0) is 4.79 Å². The number of rotatable bonds is 3. The first kappa shape index (κ1) is 17.7. The monoisotopic (exact) mass is 388 g/mol. The van der Waals surface area contributed by atoms with Crippen LogP contribution in [0.2, 0.25) is 0 Å². The zero-order chi connectivity index (χ0) is 14.8. The molecule has 2 fully saturated rings. The van der Waals surface area contributed by atoms with Crippen LogP contribution in [0.4, 0.5) is 0 Å². The van der Waals surface area contributed by atoms with Crippen LogP contribution in [0.3, 0.4) is 0 Å². The van der Waals surface area contributed by atoms with Gasteiger partial charge in [0, 0.05) is 23.0 Å². The molecule has 1 aromatic rings. The first-order chi connectivity index (χ1) is 10.1. The molecule has 4 unspecified atom stereocenters. The Balaban J connectivity index is 0.00000176. The Morgan fingerprint density at radius 1 is 1.41 bits per heavy atom. The van der Waals surface area contributed by atoms with Crippen molar-refractivity contribution in [2.45, 2.75) is 31.5 Å². The van der Waals surface area contributed by atoms with Crippen LogP contribution in [0.1, 0.15) is 24.9 Å². The summed E-state index contributed by atoms with van der Waals surface area (Å²) in [5.74, 6) is 0.375. The summed E-state index contributed by atoms with van der Waals surface area (Å²) in [6.07, 6.45) is 1.06. The van der Waals surface area contributed by atoms with Crippen molar-refractivity contribution < 1.29 is 4.79 Å². The fraction of sp³-hybridized carbons (Fsp3) is 0.533. The van der Waals surface area contributed by atoms with Crippen molar-refractivity contribution in [3.63, 3.8) is 0 Å². The summed E-state index contributed by atoms with van der Waals surface area (Å²) in [4.78, 5) is 12.5. The number of halogens is 2. The molecule has 0 aromatic heterocycles. The van der Waals surface area contributed by atoms with Crippen molar-refractivity contribution in [3.05, 3.63) is 34.3 Å². The number of hydrogen-bond donors (Lipinski definition) is 4. The van der Waals surface area contributed by atoms with Crippen LogP contribution in [-0.4, -0.2) is 31.1 Å². The molecule has 2 heterocycles. The number of hydrogen-bond acceptors (Lipinski definition) is 4. The third-order valence-electron chi connectivity index (χ3n) is 4.37. The highest BCUT2D eigenvalue weighted by atomic mass is 79.9. The smallest absolute Gasteiger partial charge is 0.239 e. The van der Waals surface area contributed by atoms with Crippen LogP contribution < -0.4 is 21.5 Å². The van der Waals surface area contributed by atoms with E-state index in [0.717, 1.165) is 29.5 Å². The van der Waals surface area contributed by atoms with Crippen LogP contribution in [0, 0.1) is 5.92 Å². The molecular formula is C15H22BrClN4O. The molecule has 22 heavy (non-hydrogen) atoms. The molecule has 4 N–H and O–H groups in total. The van der Waals surface area contributed by atoms with Crippen LogP contribution in [0.5, 0.6) is 0 Å². The summed E-state index contributed by atoms with van der Waals surface area (Å²) in [5, 5.41) is 6.48. The maximum Gasteiger partial charge on any atom is 0.239 e. The zero-order valence-corrected chi connectivity index (χ0v) is 14.8. The number of benzene rings is 1. The third kappa shape index (κ3) is 3.81. The molecular weight excluding hydrogens is 368 g/mol. The van der Waals surface area contributed by atoms with Gasteiger partial charge in [0.2, 0.25) is 5.91 Å². The summed E-state index contributed by atoms with van der Waals surface area (Å²) in [6.45, 7) is 3.91. The molecule has 5 nitrogen and oxygen atoms in total. The SMILES string of the molecule is CC(NC(=O)C1NNC2CCNCC21)c1cccc(Br)c1.Cl. The lowest BCUT2D eigenvalue weighted by molar-refractivity contribution is -0.124. The summed E-state index contributed by atoms with van der Waals surface area (Å²) in [6, 6.07) is 8.25. The molecule has 7 heteroatoms. The van der Waals surface area contributed by atoms with Crippen molar-refractivity contribution in [1.29, 1.82) is 0 Å². The van der Waals surface area contributed by atoms with E-state index in [-0.39, 0.29) is 30.4 Å². The number of hydrazine groups is 1. The highest BCUT2D eigenvalue weighted by Gasteiger charge is 2.41. The lowest BCUT2D eigenvalue weighted by Gasteiger charge is -2.28. The molecule has 4 atom stereocenters. The molecule has 0 spiro atoms. The van der Waals surface area contributed by atoms with Crippen LogP contribution in [0.15, 0.2) is 28.7 Å². The van der Waals surface area contributed by atoms with Gasteiger partial charge in [-0.25, -0.2) is 5.43 Å². The highest BCUT2D eigenvalue weighted by molar-refractivity contribution is 9.10. The minimum Gasteiger partial charge on any atom is -0.348 e. The van der Waals surface area contributed by atoms with Crippen molar-refractivity contribution in [1.82, 2.24) is 21.5 Å². The Hall–Kier alpha value is -0.660. The highest BCUT2D eigenvalue weighted by Crippen LogP contribution is 2.22. The van der Waals surface area contributed by atoms with Gasteiger partial charge in [-0.3, -0.25) is 10.2 Å². The van der Waals surface area contributed by atoms with Crippen molar-refractivity contribution in [3.8, 4) is 0 Å². The Kier molecular flexibility index (Phi) is 6.23. The first-order valence-corrected chi connectivity index (χ1v) is 8.22. The maximum atomic E-state index is 12.5. The Morgan fingerprint density at radius 3 is 3.00 bits per heavy atom. The molecule has 3 rings (SSSR count). The van der Waals surface area contributed by atoms with Gasteiger partial charge in [-0.2, -0.15) is 0 Å². The number of fused-ring (bicyclic) bond motifs is 1. The first-order valence-electron chi connectivity index (χ1n) is 7.43. The van der Waals surface area contributed by atoms with E-state index < -0.39 is 0 Å². The van der Waals surface area contributed by atoms with E-state index >= 15 is 0 Å². The lowest BCUT2D eigenvalue weighted by Crippen LogP contribution is -2.49. The Bertz CT molecular complexity index is 530. The second kappa shape index (κ2) is 7.75. The third-order valence-corrected chi connectivity index (χ3v) is 4.86. The van der Waals surface area contributed by atoms with E-state index in [9.17, 15) is 4.79 Å². The van der Waals surface area contributed by atoms with Gasteiger partial charge < -0.3 is 10.6 Å². The second-order valence-electron chi connectivity index (χ2n) is 5.81. The molecule has 0 bridgehead atoms. The molecule has 122 valence electrons. The van der Waals surface area contributed by atoms with Gasteiger partial charge in [-0.15, -0.1) is 12.4 Å². The zero-order valence-electron chi connectivity index (χ0n) is 12.4. The largest absolute Gasteiger partial charge is 0.348 e. The Labute approximate surface area is 145 Å². The van der Waals surface area contributed by atoms with Gasteiger partial charge in [0.05, 0.1) is 6.04 Å². The predicted octanol–water partition coefficient (Wildman–Crippen LogP) is 1.50. The molecule has 0 radical (unpaired) electrons. The molecule has 1 aromatic carbocycles. The van der Waals surface area contributed by atoms with E-state index in [1.54, 1.807) is 0 Å². The second-order valence-corrected chi connectivity index (χ2v) is 6.73. The van der Waals surface area contributed by atoms with E-state index in [4.69, 9.17) is 0 Å². The normalized spacial score (nSPS) is 28.4. The lowest BCUT2D eigenvalue weighted by atomic mass is 9.89. The van der Waals surface area contributed by atoms with Gasteiger partial charge in [-0.05, 0) is 37.6 Å². The van der Waals surface area contributed by atoms with Gasteiger partial charge in [0.15, 0.2) is 0 Å². The minimum absolute atomic E-state index is 0. The fourth-order valence-electron chi connectivity index (χ4n) is 3.14. The fourth-order valence-corrected chi connectivity index (χ4v) is 3.56. The van der Waals surface area contributed by atoms with Crippen molar-refractivity contribution >= 4 is 34.2 Å². The number of carbonyl (C=O) groups is 1. The number of amides is 1. The summed E-state index contributed by atoms with van der Waals surface area (Å²) < 4.78 is 1.03. The van der Waals surface area contributed by atoms with Crippen LogP contribution in [0.25, 0.3) is 0 Å². The topological polar surface area (TPSA) is 65.2 Å². The number of nitrogens with one attached hydrogen (secondary N) is 4. The Morgan fingerprint density at radius 2 is 2.23 bits per heavy atom. The van der Waals surface area contributed by atoms with Gasteiger partial charge in [-0.1, -0.05) is 28.1 Å². The summed E-state index contributed by atoms with van der Waals surface area (Å²) in [5.41, 5.74) is 7.51. The average molecular weight is 390 g/mol. The maximum absolute atomic E-state index is 12.5. The minimum atomic E-state index is -0.169. The van der Waals surface area contributed by atoms with Gasteiger partial charge >= 0.3 is 0 Å². The average Bonchev–Trinajstić information content (AvgIpc) is 2.91. The van der Waals surface area contributed by atoms with Crippen molar-refractivity contribution in [2.75, 3.05) is 13.1 Å².